The second-order valence-electron chi connectivity index (χ2n) is 4.41. The van der Waals surface area contributed by atoms with Crippen molar-refractivity contribution in [2.24, 2.45) is 0 Å². The Hall–Kier alpha value is -1.14. The van der Waals surface area contributed by atoms with Crippen LogP contribution in [0.2, 0.25) is 0 Å². The number of hydrogen-bond acceptors (Lipinski definition) is 6. The van der Waals surface area contributed by atoms with Gasteiger partial charge in [0.1, 0.15) is 0 Å². The minimum Gasteiger partial charge on any atom is -0.406 e. The predicted octanol–water partition coefficient (Wildman–Crippen LogP) is 0.965. The van der Waals surface area contributed by atoms with Gasteiger partial charge in [-0.05, 0) is 27.3 Å². The van der Waals surface area contributed by atoms with E-state index in [1.54, 1.807) is 0 Å². The van der Waals surface area contributed by atoms with Crippen molar-refractivity contribution in [1.29, 1.82) is 0 Å². The Morgan fingerprint density at radius 3 is 3.06 bits per heavy atom. The van der Waals surface area contributed by atoms with Crippen LogP contribution in [0.3, 0.4) is 0 Å². The molecule has 1 aromatic rings. The summed E-state index contributed by atoms with van der Waals surface area (Å²) in [5.74, 6) is 0.625. The molecule has 1 N–H and O–H groups in total. The number of ether oxygens (including phenoxy) is 1. The first kappa shape index (κ1) is 12.3. The summed E-state index contributed by atoms with van der Waals surface area (Å²) in [5, 5.41) is 11.2. The summed E-state index contributed by atoms with van der Waals surface area (Å²) in [5.41, 5.74) is 0. The molecule has 6 nitrogen and oxygen atoms in total. The number of anilines is 1. The minimum atomic E-state index is 0.0805. The van der Waals surface area contributed by atoms with E-state index in [1.807, 2.05) is 14.0 Å². The maximum absolute atomic E-state index is 5.67. The third-order valence-electron chi connectivity index (χ3n) is 2.96. The Morgan fingerprint density at radius 2 is 2.29 bits per heavy atom. The maximum atomic E-state index is 5.67. The number of nitrogens with one attached hydrogen (secondary N) is 1. The summed E-state index contributed by atoms with van der Waals surface area (Å²) < 4.78 is 11.3. The van der Waals surface area contributed by atoms with E-state index in [-0.39, 0.29) is 12.1 Å². The van der Waals surface area contributed by atoms with Gasteiger partial charge in [-0.3, -0.25) is 0 Å². The number of rotatable bonds is 3. The van der Waals surface area contributed by atoms with Gasteiger partial charge >= 0.3 is 6.01 Å². The Morgan fingerprint density at radius 1 is 1.47 bits per heavy atom. The molecule has 0 aromatic carbocycles. The van der Waals surface area contributed by atoms with E-state index in [0.29, 0.717) is 11.9 Å². The summed E-state index contributed by atoms with van der Waals surface area (Å²) in [4.78, 5) is 2.09. The lowest BCUT2D eigenvalue weighted by Gasteiger charge is -2.19. The molecule has 2 heterocycles. The quantitative estimate of drug-likeness (QED) is 0.849. The molecule has 1 fully saturated rings. The average Bonchev–Trinajstić information content (AvgIpc) is 2.72. The number of hydrogen-bond donors (Lipinski definition) is 1. The summed E-state index contributed by atoms with van der Waals surface area (Å²) in [7, 11) is 1.87. The fourth-order valence-corrected chi connectivity index (χ4v) is 1.82. The van der Waals surface area contributed by atoms with Gasteiger partial charge in [-0.15, -0.1) is 5.10 Å². The lowest BCUT2D eigenvalue weighted by atomic mass is 10.3. The molecule has 96 valence electrons. The Labute approximate surface area is 101 Å². The molecule has 0 spiro atoms. The second kappa shape index (κ2) is 5.46. The van der Waals surface area contributed by atoms with Crippen LogP contribution >= 0.6 is 0 Å². The van der Waals surface area contributed by atoms with Crippen LogP contribution in [0.4, 0.5) is 6.01 Å². The molecule has 0 radical (unpaired) electrons. The fraction of sp³-hybridized carbons (Fsp3) is 0.818. The highest BCUT2D eigenvalue weighted by atomic mass is 16.5. The third kappa shape index (κ3) is 2.95. The number of nitrogens with zero attached hydrogens (tertiary/aromatic N) is 3. The standard InChI is InChI=1S/C11H20N4O2/c1-8-7-15(5-4-6-16-8)11-14-13-10(17-11)9(2)12-3/h8-9,12H,4-7H2,1-3H3. The molecular weight excluding hydrogens is 220 g/mol. The molecule has 1 aromatic heterocycles. The van der Waals surface area contributed by atoms with Crippen molar-refractivity contribution in [3.8, 4) is 0 Å². The SMILES string of the molecule is CNC(C)c1nnc(N2CCCOC(C)C2)o1. The summed E-state index contributed by atoms with van der Waals surface area (Å²) in [6.45, 7) is 6.55. The second-order valence-corrected chi connectivity index (χ2v) is 4.41. The summed E-state index contributed by atoms with van der Waals surface area (Å²) in [6, 6.07) is 0.677. The van der Waals surface area contributed by atoms with Crippen molar-refractivity contribution in [2.75, 3.05) is 31.6 Å². The zero-order chi connectivity index (χ0) is 12.3. The normalized spacial score (nSPS) is 23.5. The van der Waals surface area contributed by atoms with Crippen LogP contribution in [-0.4, -0.2) is 43.0 Å². The van der Waals surface area contributed by atoms with Gasteiger partial charge in [0.15, 0.2) is 0 Å². The van der Waals surface area contributed by atoms with E-state index >= 15 is 0 Å². The first-order chi connectivity index (χ1) is 8.20. The van der Waals surface area contributed by atoms with Crippen molar-refractivity contribution in [2.45, 2.75) is 32.4 Å². The molecule has 1 aliphatic rings. The highest BCUT2D eigenvalue weighted by Gasteiger charge is 2.21. The predicted molar refractivity (Wildman–Crippen MR) is 64.0 cm³/mol. The molecule has 1 aliphatic heterocycles. The van der Waals surface area contributed by atoms with Crippen LogP contribution in [0.1, 0.15) is 32.2 Å². The first-order valence-electron chi connectivity index (χ1n) is 6.08. The van der Waals surface area contributed by atoms with Gasteiger partial charge in [-0.25, -0.2) is 0 Å². The first-order valence-corrected chi connectivity index (χ1v) is 6.08. The van der Waals surface area contributed by atoms with Crippen molar-refractivity contribution in [3.63, 3.8) is 0 Å². The van der Waals surface area contributed by atoms with Gasteiger partial charge in [0.25, 0.3) is 0 Å². The van der Waals surface area contributed by atoms with Crippen LogP contribution < -0.4 is 10.2 Å². The third-order valence-corrected chi connectivity index (χ3v) is 2.96. The number of aromatic nitrogens is 2. The summed E-state index contributed by atoms with van der Waals surface area (Å²) >= 11 is 0. The molecule has 0 saturated carbocycles. The molecule has 0 aliphatic carbocycles. The highest BCUT2D eigenvalue weighted by molar-refractivity contribution is 5.24. The van der Waals surface area contributed by atoms with Crippen LogP contribution in [0.5, 0.6) is 0 Å². The van der Waals surface area contributed by atoms with Crippen molar-refractivity contribution in [3.05, 3.63) is 5.89 Å². The van der Waals surface area contributed by atoms with Gasteiger partial charge in [0.05, 0.1) is 12.1 Å². The topological polar surface area (TPSA) is 63.4 Å². The largest absolute Gasteiger partial charge is 0.406 e. The molecule has 2 unspecified atom stereocenters. The van der Waals surface area contributed by atoms with Crippen LogP contribution in [0, 0.1) is 0 Å². The minimum absolute atomic E-state index is 0.0805. The zero-order valence-electron chi connectivity index (χ0n) is 10.6. The zero-order valence-corrected chi connectivity index (χ0v) is 10.6. The average molecular weight is 240 g/mol. The Kier molecular flexibility index (Phi) is 3.96. The van der Waals surface area contributed by atoms with Gasteiger partial charge < -0.3 is 19.4 Å². The Balaban J connectivity index is 2.07. The van der Waals surface area contributed by atoms with Crippen LogP contribution in [-0.2, 0) is 4.74 Å². The van der Waals surface area contributed by atoms with Gasteiger partial charge in [-0.1, -0.05) is 5.10 Å². The molecule has 6 heteroatoms. The molecule has 1 saturated heterocycles. The molecule has 0 bridgehead atoms. The summed E-state index contributed by atoms with van der Waals surface area (Å²) in [6.07, 6.45) is 1.19. The van der Waals surface area contributed by atoms with E-state index in [4.69, 9.17) is 9.15 Å². The van der Waals surface area contributed by atoms with Crippen molar-refractivity contribution in [1.82, 2.24) is 15.5 Å². The van der Waals surface area contributed by atoms with Gasteiger partial charge in [0.2, 0.25) is 5.89 Å². The molecule has 0 amide bonds. The molecule has 17 heavy (non-hydrogen) atoms. The van der Waals surface area contributed by atoms with E-state index in [2.05, 4.69) is 27.3 Å². The van der Waals surface area contributed by atoms with E-state index < -0.39 is 0 Å². The Bertz CT molecular complexity index is 355. The fourth-order valence-electron chi connectivity index (χ4n) is 1.82. The van der Waals surface area contributed by atoms with Crippen molar-refractivity contribution >= 4 is 6.01 Å². The van der Waals surface area contributed by atoms with E-state index in [1.165, 1.54) is 0 Å². The molecular formula is C11H20N4O2. The lowest BCUT2D eigenvalue weighted by Crippen LogP contribution is -2.30. The molecule has 2 rings (SSSR count). The van der Waals surface area contributed by atoms with E-state index in [9.17, 15) is 0 Å². The maximum Gasteiger partial charge on any atom is 0.318 e. The lowest BCUT2D eigenvalue weighted by molar-refractivity contribution is 0.0818. The monoisotopic (exact) mass is 240 g/mol. The smallest absolute Gasteiger partial charge is 0.318 e. The molecule has 2 atom stereocenters. The van der Waals surface area contributed by atoms with Gasteiger partial charge in [-0.2, -0.15) is 0 Å². The van der Waals surface area contributed by atoms with Crippen LogP contribution in [0.15, 0.2) is 4.42 Å². The van der Waals surface area contributed by atoms with E-state index in [0.717, 1.165) is 26.1 Å². The van der Waals surface area contributed by atoms with Gasteiger partial charge in [0, 0.05) is 19.7 Å². The highest BCUT2D eigenvalue weighted by Crippen LogP contribution is 2.19. The van der Waals surface area contributed by atoms with Crippen LogP contribution in [0.25, 0.3) is 0 Å². The van der Waals surface area contributed by atoms with Crippen molar-refractivity contribution < 1.29 is 9.15 Å².